The summed E-state index contributed by atoms with van der Waals surface area (Å²) in [5.74, 6) is 0. The molecule has 0 fully saturated rings. The highest BCUT2D eigenvalue weighted by Gasteiger charge is 2.21. The van der Waals surface area contributed by atoms with Crippen LogP contribution < -0.4 is 0 Å². The molecule has 0 spiro atoms. The molecule has 1 amide bonds. The molecule has 0 radical (unpaired) electrons. The minimum absolute atomic E-state index is 0.0312. The fourth-order valence-corrected chi connectivity index (χ4v) is 1.37. The van der Waals surface area contributed by atoms with Gasteiger partial charge in [0.2, 0.25) is 0 Å². The van der Waals surface area contributed by atoms with Crippen LogP contribution in [0.5, 0.6) is 0 Å². The number of allylic oxidation sites excluding steroid dienone is 2. The lowest BCUT2D eigenvalue weighted by Gasteiger charge is -2.27. The van der Waals surface area contributed by atoms with Crippen LogP contribution in [0.3, 0.4) is 0 Å². The Labute approximate surface area is 84.3 Å². The first kappa shape index (κ1) is 10.6. The molecule has 0 bridgehead atoms. The van der Waals surface area contributed by atoms with Gasteiger partial charge in [0.1, 0.15) is 0 Å². The van der Waals surface area contributed by atoms with Crippen molar-refractivity contribution in [1.29, 1.82) is 0 Å². The van der Waals surface area contributed by atoms with Crippen molar-refractivity contribution in [2.24, 2.45) is 0 Å². The van der Waals surface area contributed by atoms with Gasteiger partial charge in [0.05, 0.1) is 13.2 Å². The third-order valence-electron chi connectivity index (χ3n) is 2.07. The van der Waals surface area contributed by atoms with Crippen LogP contribution in [0.15, 0.2) is 36.6 Å². The van der Waals surface area contributed by atoms with Gasteiger partial charge in [-0.05, 0) is 18.9 Å². The van der Waals surface area contributed by atoms with E-state index >= 15 is 0 Å². The third-order valence-corrected chi connectivity index (χ3v) is 2.07. The smallest absolute Gasteiger partial charge is 0.414 e. The lowest BCUT2D eigenvalue weighted by molar-refractivity contribution is 0.132. The van der Waals surface area contributed by atoms with Gasteiger partial charge in [-0.2, -0.15) is 0 Å². The molecule has 0 aromatic rings. The Balaban J connectivity index is 2.81. The Kier molecular flexibility index (Phi) is 3.51. The first-order valence-electron chi connectivity index (χ1n) is 4.53. The Morgan fingerprint density at radius 3 is 3.07 bits per heavy atom. The maximum atomic E-state index is 11.4. The van der Waals surface area contributed by atoms with Crippen molar-refractivity contribution in [3.05, 3.63) is 36.6 Å². The molecule has 1 rings (SSSR count). The van der Waals surface area contributed by atoms with Gasteiger partial charge in [0.25, 0.3) is 0 Å². The highest BCUT2D eigenvalue weighted by atomic mass is 16.5. The number of ether oxygens (including phenoxy) is 1. The molecule has 3 nitrogen and oxygen atoms in total. The van der Waals surface area contributed by atoms with Crippen molar-refractivity contribution in [3.63, 3.8) is 0 Å². The van der Waals surface area contributed by atoms with Gasteiger partial charge in [0.15, 0.2) is 0 Å². The van der Waals surface area contributed by atoms with E-state index < -0.39 is 0 Å². The van der Waals surface area contributed by atoms with Crippen LogP contribution in [0.2, 0.25) is 0 Å². The largest absolute Gasteiger partial charge is 0.452 e. The predicted octanol–water partition coefficient (Wildman–Crippen LogP) is 2.47. The first-order valence-corrected chi connectivity index (χ1v) is 4.53. The van der Waals surface area contributed by atoms with Crippen LogP contribution in [0.1, 0.15) is 13.3 Å². The van der Waals surface area contributed by atoms with E-state index in [1.807, 2.05) is 19.1 Å². The van der Waals surface area contributed by atoms with Crippen molar-refractivity contribution in [2.75, 3.05) is 7.11 Å². The molecule has 0 aliphatic carbocycles. The quantitative estimate of drug-likeness (QED) is 0.630. The van der Waals surface area contributed by atoms with E-state index in [2.05, 4.69) is 11.3 Å². The number of hydrogen-bond acceptors (Lipinski definition) is 2. The SMILES string of the molecule is C=CCC1C=CC(C)=CN1C(=O)OC. The van der Waals surface area contributed by atoms with Crippen molar-refractivity contribution in [3.8, 4) is 0 Å². The lowest BCUT2D eigenvalue weighted by atomic mass is 10.1. The second kappa shape index (κ2) is 4.65. The molecule has 1 aliphatic heterocycles. The van der Waals surface area contributed by atoms with Crippen LogP contribution in [0, 0.1) is 0 Å². The van der Waals surface area contributed by atoms with Gasteiger partial charge in [-0.3, -0.25) is 4.90 Å². The summed E-state index contributed by atoms with van der Waals surface area (Å²) >= 11 is 0. The van der Waals surface area contributed by atoms with E-state index in [1.54, 1.807) is 17.2 Å². The van der Waals surface area contributed by atoms with Gasteiger partial charge in [-0.15, -0.1) is 6.58 Å². The highest BCUT2D eigenvalue weighted by Crippen LogP contribution is 2.17. The van der Waals surface area contributed by atoms with Gasteiger partial charge in [-0.1, -0.05) is 18.2 Å². The van der Waals surface area contributed by atoms with Crippen LogP contribution in [0.25, 0.3) is 0 Å². The summed E-state index contributed by atoms with van der Waals surface area (Å²) < 4.78 is 4.69. The molecular weight excluding hydrogens is 178 g/mol. The molecule has 3 heteroatoms. The molecule has 1 atom stereocenters. The van der Waals surface area contributed by atoms with Crippen molar-refractivity contribution >= 4 is 6.09 Å². The minimum Gasteiger partial charge on any atom is -0.452 e. The second-order valence-corrected chi connectivity index (χ2v) is 3.20. The molecular formula is C11H15NO2. The van der Waals surface area contributed by atoms with Crippen molar-refractivity contribution in [1.82, 2.24) is 4.90 Å². The van der Waals surface area contributed by atoms with Crippen LogP contribution in [0.4, 0.5) is 4.79 Å². The molecule has 14 heavy (non-hydrogen) atoms. The number of methoxy groups -OCH3 is 1. The lowest BCUT2D eigenvalue weighted by Crippen LogP contribution is -2.36. The predicted molar refractivity (Wildman–Crippen MR) is 55.7 cm³/mol. The standard InChI is InChI=1S/C11H15NO2/c1-4-5-10-7-6-9(2)8-12(10)11(13)14-3/h4,6-8,10H,1,5H2,2-3H3. The van der Waals surface area contributed by atoms with E-state index in [-0.39, 0.29) is 12.1 Å². The van der Waals surface area contributed by atoms with Crippen molar-refractivity contribution in [2.45, 2.75) is 19.4 Å². The Bertz CT molecular complexity index is 292. The van der Waals surface area contributed by atoms with E-state index in [1.165, 1.54) is 7.11 Å². The number of amides is 1. The van der Waals surface area contributed by atoms with Gasteiger partial charge in [-0.25, -0.2) is 4.79 Å². The average Bonchev–Trinajstić information content (AvgIpc) is 2.20. The molecule has 1 unspecified atom stereocenters. The first-order chi connectivity index (χ1) is 6.69. The number of hydrogen-bond donors (Lipinski definition) is 0. The topological polar surface area (TPSA) is 29.5 Å². The fraction of sp³-hybridized carbons (Fsp3) is 0.364. The van der Waals surface area contributed by atoms with E-state index in [0.29, 0.717) is 0 Å². The normalized spacial score (nSPS) is 20.3. The molecule has 76 valence electrons. The second-order valence-electron chi connectivity index (χ2n) is 3.20. The summed E-state index contributed by atoms with van der Waals surface area (Å²) in [6, 6.07) is 0.0312. The number of carbonyl (C=O) groups is 1. The fourth-order valence-electron chi connectivity index (χ4n) is 1.37. The van der Waals surface area contributed by atoms with E-state index in [9.17, 15) is 4.79 Å². The molecule has 1 aliphatic rings. The maximum absolute atomic E-state index is 11.4. The average molecular weight is 193 g/mol. The summed E-state index contributed by atoms with van der Waals surface area (Å²) in [6.07, 6.45) is 7.96. The highest BCUT2D eigenvalue weighted by molar-refractivity contribution is 5.70. The van der Waals surface area contributed by atoms with Crippen LogP contribution >= 0.6 is 0 Å². The number of nitrogens with zero attached hydrogens (tertiary/aromatic N) is 1. The molecule has 0 saturated heterocycles. The Morgan fingerprint density at radius 2 is 2.50 bits per heavy atom. The summed E-state index contributed by atoms with van der Waals surface area (Å²) in [5, 5.41) is 0. The molecule has 0 aromatic heterocycles. The van der Waals surface area contributed by atoms with E-state index in [4.69, 9.17) is 0 Å². The Hall–Kier alpha value is -1.51. The summed E-state index contributed by atoms with van der Waals surface area (Å²) in [5.41, 5.74) is 1.04. The molecule has 1 heterocycles. The summed E-state index contributed by atoms with van der Waals surface area (Å²) in [6.45, 7) is 5.60. The molecule has 0 aromatic carbocycles. The maximum Gasteiger partial charge on any atom is 0.414 e. The minimum atomic E-state index is -0.333. The summed E-state index contributed by atoms with van der Waals surface area (Å²) in [4.78, 5) is 13.0. The zero-order valence-corrected chi connectivity index (χ0v) is 8.56. The monoisotopic (exact) mass is 193 g/mol. The van der Waals surface area contributed by atoms with E-state index in [0.717, 1.165) is 12.0 Å². The Morgan fingerprint density at radius 1 is 1.79 bits per heavy atom. The number of carbonyl (C=O) groups excluding carboxylic acids is 1. The van der Waals surface area contributed by atoms with Gasteiger partial charge >= 0.3 is 6.09 Å². The summed E-state index contributed by atoms with van der Waals surface area (Å²) in [7, 11) is 1.38. The third kappa shape index (κ3) is 2.25. The number of rotatable bonds is 2. The van der Waals surface area contributed by atoms with Crippen molar-refractivity contribution < 1.29 is 9.53 Å². The van der Waals surface area contributed by atoms with Crippen LogP contribution in [-0.2, 0) is 4.74 Å². The zero-order chi connectivity index (χ0) is 10.6. The zero-order valence-electron chi connectivity index (χ0n) is 8.56. The van der Waals surface area contributed by atoms with Gasteiger partial charge < -0.3 is 4.74 Å². The van der Waals surface area contributed by atoms with Gasteiger partial charge in [0, 0.05) is 6.20 Å². The van der Waals surface area contributed by atoms with Crippen LogP contribution in [-0.4, -0.2) is 24.1 Å². The molecule has 0 saturated carbocycles. The molecule has 0 N–H and O–H groups in total.